The predicted molar refractivity (Wildman–Crippen MR) is 109 cm³/mol. The number of amides is 4. The Bertz CT molecular complexity index is 884. The van der Waals surface area contributed by atoms with Gasteiger partial charge >= 0.3 is 0 Å². The van der Waals surface area contributed by atoms with Crippen LogP contribution in [0.2, 0.25) is 0 Å². The van der Waals surface area contributed by atoms with Gasteiger partial charge in [0, 0.05) is 13.0 Å². The van der Waals surface area contributed by atoms with E-state index in [4.69, 9.17) is 5.73 Å². The maximum Gasteiger partial charge on any atom is 0.262 e. The second-order valence-electron chi connectivity index (χ2n) is 8.59. The molecule has 1 aliphatic carbocycles. The fraction of sp³-hybridized carbons (Fsp3) is 0.545. The molecule has 2 heterocycles. The van der Waals surface area contributed by atoms with Crippen LogP contribution in [0, 0.1) is 11.8 Å². The molecular weight excluding hydrogens is 384 g/mol. The lowest BCUT2D eigenvalue weighted by Gasteiger charge is -2.28. The highest BCUT2D eigenvalue weighted by Gasteiger charge is 2.44. The van der Waals surface area contributed by atoms with Gasteiger partial charge in [0.2, 0.25) is 11.8 Å². The van der Waals surface area contributed by atoms with Crippen LogP contribution in [0.5, 0.6) is 0 Å². The van der Waals surface area contributed by atoms with Crippen LogP contribution in [-0.2, 0) is 16.1 Å². The molecule has 0 spiro atoms. The van der Waals surface area contributed by atoms with Crippen molar-refractivity contribution in [2.45, 2.75) is 51.1 Å². The Morgan fingerprint density at radius 3 is 2.57 bits per heavy atom. The molecule has 4 N–H and O–H groups in total. The summed E-state index contributed by atoms with van der Waals surface area (Å²) in [6, 6.07) is 4.30. The summed E-state index contributed by atoms with van der Waals surface area (Å²) >= 11 is 0. The van der Waals surface area contributed by atoms with Gasteiger partial charge in [0.25, 0.3) is 11.8 Å². The maximum atomic E-state index is 12.9. The number of nitrogens with one attached hydrogen (secondary N) is 2. The van der Waals surface area contributed by atoms with E-state index in [-0.39, 0.29) is 18.7 Å². The lowest BCUT2D eigenvalue weighted by atomic mass is 9.81. The lowest BCUT2D eigenvalue weighted by Crippen LogP contribution is -2.54. The fourth-order valence-corrected chi connectivity index (χ4v) is 4.85. The van der Waals surface area contributed by atoms with Crippen molar-refractivity contribution in [1.29, 1.82) is 0 Å². The molecule has 4 rings (SSSR count). The summed E-state index contributed by atoms with van der Waals surface area (Å²) in [5.74, 6) is -0.674. The van der Waals surface area contributed by atoms with Crippen molar-refractivity contribution < 1.29 is 19.2 Å². The number of nitrogens with two attached hydrogens (primary N) is 1. The Morgan fingerprint density at radius 1 is 1.03 bits per heavy atom. The third-order valence-electron chi connectivity index (χ3n) is 6.49. The first-order chi connectivity index (χ1) is 14.5. The molecule has 2 fully saturated rings. The summed E-state index contributed by atoms with van der Waals surface area (Å²) in [5.41, 5.74) is 7.37. The summed E-state index contributed by atoms with van der Waals surface area (Å²) in [6.07, 6.45) is 5.08. The van der Waals surface area contributed by atoms with Gasteiger partial charge in [0.05, 0.1) is 11.1 Å². The van der Waals surface area contributed by atoms with Crippen LogP contribution in [0.4, 0.5) is 0 Å². The van der Waals surface area contributed by atoms with E-state index in [2.05, 4.69) is 10.6 Å². The van der Waals surface area contributed by atoms with E-state index in [9.17, 15) is 19.2 Å². The summed E-state index contributed by atoms with van der Waals surface area (Å²) in [5, 5.41) is 5.68. The molecule has 3 atom stereocenters. The zero-order chi connectivity index (χ0) is 21.3. The molecule has 1 aromatic carbocycles. The number of carbonyl (C=O) groups excluding carboxylic acids is 4. The second-order valence-corrected chi connectivity index (χ2v) is 8.59. The van der Waals surface area contributed by atoms with Crippen molar-refractivity contribution in [2.24, 2.45) is 17.6 Å². The largest absolute Gasteiger partial charge is 0.330 e. The number of carbonyl (C=O) groups is 4. The van der Waals surface area contributed by atoms with Gasteiger partial charge in [-0.05, 0) is 68.3 Å². The predicted octanol–water partition coefficient (Wildman–Crippen LogP) is 0.942. The monoisotopic (exact) mass is 412 g/mol. The van der Waals surface area contributed by atoms with Crippen LogP contribution in [0.25, 0.3) is 0 Å². The second kappa shape index (κ2) is 8.65. The van der Waals surface area contributed by atoms with Gasteiger partial charge in [-0.3, -0.25) is 29.4 Å². The van der Waals surface area contributed by atoms with E-state index in [1.807, 2.05) is 6.07 Å². The smallest absolute Gasteiger partial charge is 0.262 e. The zero-order valence-corrected chi connectivity index (χ0v) is 17.0. The number of piperidine rings is 1. The molecule has 1 unspecified atom stereocenters. The van der Waals surface area contributed by atoms with Gasteiger partial charge in [-0.25, -0.2) is 0 Å². The first-order valence-corrected chi connectivity index (χ1v) is 10.7. The van der Waals surface area contributed by atoms with Crippen molar-refractivity contribution in [3.8, 4) is 0 Å². The molecule has 1 saturated heterocycles. The molecule has 2 aliphatic heterocycles. The molecule has 0 aromatic heterocycles. The van der Waals surface area contributed by atoms with E-state index in [1.165, 1.54) is 19.3 Å². The molecule has 0 bridgehead atoms. The van der Waals surface area contributed by atoms with Gasteiger partial charge in [-0.15, -0.1) is 0 Å². The van der Waals surface area contributed by atoms with Crippen LogP contribution in [0.15, 0.2) is 18.2 Å². The molecule has 1 aromatic rings. The number of fused-ring (bicyclic) bond motifs is 1. The van der Waals surface area contributed by atoms with Gasteiger partial charge in [0.15, 0.2) is 0 Å². The van der Waals surface area contributed by atoms with E-state index in [1.54, 1.807) is 12.1 Å². The van der Waals surface area contributed by atoms with Gasteiger partial charge < -0.3 is 11.1 Å². The molecule has 0 radical (unpaired) electrons. The van der Waals surface area contributed by atoms with Crippen molar-refractivity contribution in [2.75, 3.05) is 13.1 Å². The Hall–Kier alpha value is -2.58. The van der Waals surface area contributed by atoms with E-state index in [0.29, 0.717) is 29.5 Å². The molecule has 160 valence electrons. The molecule has 3 aliphatic rings. The van der Waals surface area contributed by atoms with Crippen LogP contribution in [0.3, 0.4) is 0 Å². The van der Waals surface area contributed by atoms with Gasteiger partial charge in [-0.1, -0.05) is 12.5 Å². The number of hydrogen-bond donors (Lipinski definition) is 3. The molecule has 4 amide bonds. The van der Waals surface area contributed by atoms with Crippen LogP contribution in [-0.4, -0.2) is 47.7 Å². The number of hydrogen-bond acceptors (Lipinski definition) is 6. The quantitative estimate of drug-likeness (QED) is 0.598. The maximum absolute atomic E-state index is 12.9. The number of imide groups is 2. The minimum atomic E-state index is -0.932. The minimum absolute atomic E-state index is 0.116. The summed E-state index contributed by atoms with van der Waals surface area (Å²) in [7, 11) is 0. The van der Waals surface area contributed by atoms with Crippen LogP contribution >= 0.6 is 0 Å². The van der Waals surface area contributed by atoms with Crippen molar-refractivity contribution in [3.05, 3.63) is 34.9 Å². The van der Waals surface area contributed by atoms with Crippen molar-refractivity contribution in [1.82, 2.24) is 15.5 Å². The average Bonchev–Trinajstić information content (AvgIpc) is 2.98. The highest BCUT2D eigenvalue weighted by molar-refractivity contribution is 6.23. The molecule has 30 heavy (non-hydrogen) atoms. The Labute approximate surface area is 175 Å². The standard InChI is InChI=1S/C22H28N4O4/c23-10-13-2-1-3-14(8-13)11-24-12-15-4-5-16-17(9-15)22(30)26(21(16)29)18-6-7-19(27)25-20(18)28/h4-5,9,13-14,18,24H,1-3,6-8,10-12,23H2,(H,25,27,28)/t13-,14+,18?/m1/s1. The Morgan fingerprint density at radius 2 is 1.80 bits per heavy atom. The summed E-state index contributed by atoms with van der Waals surface area (Å²) in [6.45, 7) is 2.26. The van der Waals surface area contributed by atoms with E-state index < -0.39 is 23.8 Å². The number of rotatable bonds is 6. The Balaban J connectivity index is 1.39. The molecule has 8 heteroatoms. The molecule has 1 saturated carbocycles. The SMILES string of the molecule is NC[C@@H]1CCC[C@H](CNCc2ccc3c(c2)C(=O)N(C2CCC(=O)NC2=O)C3=O)C1. The topological polar surface area (TPSA) is 122 Å². The third-order valence-corrected chi connectivity index (χ3v) is 6.49. The average molecular weight is 412 g/mol. The highest BCUT2D eigenvalue weighted by Crippen LogP contribution is 2.29. The highest BCUT2D eigenvalue weighted by atomic mass is 16.2. The van der Waals surface area contributed by atoms with E-state index in [0.717, 1.165) is 30.0 Å². The normalized spacial score (nSPS) is 26.7. The Kier molecular flexibility index (Phi) is 5.97. The molecule has 8 nitrogen and oxygen atoms in total. The third kappa shape index (κ3) is 4.02. The van der Waals surface area contributed by atoms with Crippen molar-refractivity contribution in [3.63, 3.8) is 0 Å². The minimum Gasteiger partial charge on any atom is -0.330 e. The first kappa shape index (κ1) is 20.7. The van der Waals surface area contributed by atoms with E-state index >= 15 is 0 Å². The lowest BCUT2D eigenvalue weighted by molar-refractivity contribution is -0.136. The van der Waals surface area contributed by atoms with Gasteiger partial charge in [0.1, 0.15) is 6.04 Å². The summed E-state index contributed by atoms with van der Waals surface area (Å²) < 4.78 is 0. The molecular formula is C22H28N4O4. The summed E-state index contributed by atoms with van der Waals surface area (Å²) in [4.78, 5) is 50.1. The zero-order valence-electron chi connectivity index (χ0n) is 17.0. The fourth-order valence-electron chi connectivity index (χ4n) is 4.85. The number of nitrogens with zero attached hydrogens (tertiary/aromatic N) is 1. The van der Waals surface area contributed by atoms with Crippen LogP contribution < -0.4 is 16.4 Å². The van der Waals surface area contributed by atoms with Crippen LogP contribution in [0.1, 0.15) is 64.8 Å². The van der Waals surface area contributed by atoms with Crippen molar-refractivity contribution >= 4 is 23.6 Å². The van der Waals surface area contributed by atoms with Gasteiger partial charge in [-0.2, -0.15) is 0 Å². The first-order valence-electron chi connectivity index (χ1n) is 10.7. The number of benzene rings is 1.